The predicted octanol–water partition coefficient (Wildman–Crippen LogP) is 1.31. The number of carbonyl (C=O) groups excluding carboxylic acids is 1. The lowest BCUT2D eigenvalue weighted by molar-refractivity contribution is 0.0481. The largest absolute Gasteiger partial charge is 0.462 e. The lowest BCUT2D eigenvalue weighted by atomic mass is 10.2. The molecule has 1 fully saturated rings. The maximum Gasteiger partial charge on any atom is 0.343 e. The monoisotopic (exact) mass is 357 g/mol. The maximum absolute atomic E-state index is 12.2. The molecule has 7 nitrogen and oxygen atoms in total. The van der Waals surface area contributed by atoms with Crippen LogP contribution in [0.2, 0.25) is 0 Å². The molecular weight excluding hydrogens is 330 g/mol. The first kappa shape index (κ1) is 18.4. The SMILES string of the molecule is CN1CCN(CCCOC(=O)c2cn(Cc3ccccc3)nc2N)CC1. The summed E-state index contributed by atoms with van der Waals surface area (Å²) in [6, 6.07) is 9.92. The smallest absolute Gasteiger partial charge is 0.343 e. The third-order valence-corrected chi connectivity index (χ3v) is 4.65. The van der Waals surface area contributed by atoms with Crippen LogP contribution in [0.4, 0.5) is 5.82 Å². The van der Waals surface area contributed by atoms with E-state index >= 15 is 0 Å². The molecule has 2 N–H and O–H groups in total. The van der Waals surface area contributed by atoms with E-state index in [0.717, 1.165) is 44.7 Å². The average molecular weight is 357 g/mol. The van der Waals surface area contributed by atoms with Gasteiger partial charge < -0.3 is 20.3 Å². The van der Waals surface area contributed by atoms with E-state index in [4.69, 9.17) is 10.5 Å². The average Bonchev–Trinajstić information content (AvgIpc) is 3.01. The Hall–Kier alpha value is -2.38. The molecule has 140 valence electrons. The lowest BCUT2D eigenvalue weighted by Crippen LogP contribution is -2.44. The lowest BCUT2D eigenvalue weighted by Gasteiger charge is -2.32. The van der Waals surface area contributed by atoms with Crippen LogP contribution in [0.15, 0.2) is 36.5 Å². The van der Waals surface area contributed by atoms with Gasteiger partial charge in [0.2, 0.25) is 0 Å². The fourth-order valence-electron chi connectivity index (χ4n) is 3.05. The summed E-state index contributed by atoms with van der Waals surface area (Å²) >= 11 is 0. The normalized spacial score (nSPS) is 15.9. The van der Waals surface area contributed by atoms with E-state index in [9.17, 15) is 4.79 Å². The number of carbonyl (C=O) groups is 1. The minimum atomic E-state index is -0.403. The first-order valence-electron chi connectivity index (χ1n) is 9.06. The van der Waals surface area contributed by atoms with Crippen LogP contribution in [0, 0.1) is 0 Å². The van der Waals surface area contributed by atoms with Crippen LogP contribution in [0.1, 0.15) is 22.3 Å². The summed E-state index contributed by atoms with van der Waals surface area (Å²) < 4.78 is 7.05. The first-order valence-corrected chi connectivity index (χ1v) is 9.06. The fourth-order valence-corrected chi connectivity index (χ4v) is 3.05. The van der Waals surface area contributed by atoms with Gasteiger partial charge in [0, 0.05) is 38.9 Å². The second-order valence-electron chi connectivity index (χ2n) is 6.75. The van der Waals surface area contributed by atoms with Crippen molar-refractivity contribution in [3.8, 4) is 0 Å². The van der Waals surface area contributed by atoms with Crippen LogP contribution in [-0.4, -0.2) is 71.9 Å². The topological polar surface area (TPSA) is 76.6 Å². The van der Waals surface area contributed by atoms with Crippen molar-refractivity contribution in [3.63, 3.8) is 0 Å². The Morgan fingerprint density at radius 3 is 2.65 bits per heavy atom. The number of esters is 1. The summed E-state index contributed by atoms with van der Waals surface area (Å²) in [5.41, 5.74) is 7.32. The van der Waals surface area contributed by atoms with Crippen molar-refractivity contribution >= 4 is 11.8 Å². The Bertz CT molecular complexity index is 708. The second-order valence-corrected chi connectivity index (χ2v) is 6.75. The number of likely N-dealkylation sites (N-methyl/N-ethyl adjacent to an activating group) is 1. The molecule has 0 spiro atoms. The summed E-state index contributed by atoms with van der Waals surface area (Å²) in [7, 11) is 2.14. The van der Waals surface area contributed by atoms with Crippen LogP contribution in [0.3, 0.4) is 0 Å². The molecule has 0 radical (unpaired) electrons. The Morgan fingerprint density at radius 2 is 1.92 bits per heavy atom. The van der Waals surface area contributed by atoms with Gasteiger partial charge in [0.1, 0.15) is 5.56 Å². The van der Waals surface area contributed by atoms with Gasteiger partial charge >= 0.3 is 5.97 Å². The van der Waals surface area contributed by atoms with E-state index in [2.05, 4.69) is 21.9 Å². The Morgan fingerprint density at radius 1 is 1.19 bits per heavy atom. The number of nitrogens with zero attached hydrogens (tertiary/aromatic N) is 4. The summed E-state index contributed by atoms with van der Waals surface area (Å²) in [5.74, 6) is -0.190. The van der Waals surface area contributed by atoms with Crippen molar-refractivity contribution < 1.29 is 9.53 Å². The number of benzene rings is 1. The van der Waals surface area contributed by atoms with E-state index in [-0.39, 0.29) is 5.82 Å². The zero-order valence-corrected chi connectivity index (χ0v) is 15.3. The minimum absolute atomic E-state index is 0.213. The molecule has 1 aromatic carbocycles. The minimum Gasteiger partial charge on any atom is -0.462 e. The number of nitrogen functional groups attached to an aromatic ring is 1. The number of rotatable bonds is 7. The second kappa shape index (κ2) is 8.82. The van der Waals surface area contributed by atoms with Gasteiger partial charge in [-0.25, -0.2) is 4.79 Å². The molecule has 0 atom stereocenters. The van der Waals surface area contributed by atoms with Crippen molar-refractivity contribution in [2.75, 3.05) is 52.1 Å². The van der Waals surface area contributed by atoms with Gasteiger partial charge in [-0.15, -0.1) is 0 Å². The van der Waals surface area contributed by atoms with Crippen LogP contribution >= 0.6 is 0 Å². The zero-order valence-electron chi connectivity index (χ0n) is 15.3. The molecule has 1 aromatic heterocycles. The maximum atomic E-state index is 12.2. The summed E-state index contributed by atoms with van der Waals surface area (Å²) in [5, 5.41) is 4.22. The van der Waals surface area contributed by atoms with E-state index < -0.39 is 5.97 Å². The molecule has 1 aliphatic heterocycles. The number of nitrogens with two attached hydrogens (primary N) is 1. The molecule has 1 aliphatic rings. The molecule has 0 unspecified atom stereocenters. The van der Waals surface area contributed by atoms with Gasteiger partial charge in [0.25, 0.3) is 0 Å². The standard InChI is InChI=1S/C19H27N5O2/c1-22-9-11-23(12-10-22)8-5-13-26-19(25)17-15-24(21-18(17)20)14-16-6-3-2-4-7-16/h2-4,6-7,15H,5,8-14H2,1H3,(H2,20,21). The van der Waals surface area contributed by atoms with Crippen molar-refractivity contribution in [2.45, 2.75) is 13.0 Å². The molecule has 26 heavy (non-hydrogen) atoms. The highest BCUT2D eigenvalue weighted by molar-refractivity contribution is 5.93. The van der Waals surface area contributed by atoms with E-state index in [0.29, 0.717) is 18.7 Å². The van der Waals surface area contributed by atoms with Crippen molar-refractivity contribution in [2.24, 2.45) is 0 Å². The van der Waals surface area contributed by atoms with Gasteiger partial charge in [-0.2, -0.15) is 5.10 Å². The molecule has 0 amide bonds. The Kier molecular flexibility index (Phi) is 6.25. The fraction of sp³-hybridized carbons (Fsp3) is 0.474. The molecule has 2 aromatic rings. The van der Waals surface area contributed by atoms with Crippen LogP contribution < -0.4 is 5.73 Å². The van der Waals surface area contributed by atoms with Crippen LogP contribution in [-0.2, 0) is 11.3 Å². The predicted molar refractivity (Wildman–Crippen MR) is 101 cm³/mol. The molecule has 0 bridgehead atoms. The summed E-state index contributed by atoms with van der Waals surface area (Å²) in [4.78, 5) is 17.0. The van der Waals surface area contributed by atoms with Gasteiger partial charge in [0.05, 0.1) is 13.2 Å². The van der Waals surface area contributed by atoms with Crippen LogP contribution in [0.25, 0.3) is 0 Å². The van der Waals surface area contributed by atoms with Gasteiger partial charge in [-0.1, -0.05) is 30.3 Å². The highest BCUT2D eigenvalue weighted by Crippen LogP contribution is 2.13. The quantitative estimate of drug-likeness (QED) is 0.595. The summed E-state index contributed by atoms with van der Waals surface area (Å²) in [6.07, 6.45) is 2.48. The molecule has 3 rings (SSSR count). The third-order valence-electron chi connectivity index (χ3n) is 4.65. The molecular formula is C19H27N5O2. The van der Waals surface area contributed by atoms with Gasteiger partial charge in [-0.05, 0) is 19.0 Å². The highest BCUT2D eigenvalue weighted by Gasteiger charge is 2.17. The van der Waals surface area contributed by atoms with Crippen molar-refractivity contribution in [1.29, 1.82) is 0 Å². The van der Waals surface area contributed by atoms with Gasteiger partial charge in [-0.3, -0.25) is 4.68 Å². The molecule has 7 heteroatoms. The van der Waals surface area contributed by atoms with E-state index in [1.165, 1.54) is 0 Å². The van der Waals surface area contributed by atoms with E-state index in [1.807, 2.05) is 30.3 Å². The zero-order chi connectivity index (χ0) is 18.4. The number of ether oxygens (including phenoxy) is 1. The molecule has 1 saturated heterocycles. The third kappa shape index (κ3) is 5.06. The van der Waals surface area contributed by atoms with Gasteiger partial charge in [0.15, 0.2) is 5.82 Å². The first-order chi connectivity index (χ1) is 12.6. The number of hydrogen-bond donors (Lipinski definition) is 1. The van der Waals surface area contributed by atoms with E-state index in [1.54, 1.807) is 10.9 Å². The Labute approximate surface area is 154 Å². The van der Waals surface area contributed by atoms with Crippen molar-refractivity contribution in [1.82, 2.24) is 19.6 Å². The number of piperazine rings is 1. The molecule has 0 aliphatic carbocycles. The number of anilines is 1. The Balaban J connectivity index is 1.44. The molecule has 2 heterocycles. The number of hydrogen-bond acceptors (Lipinski definition) is 6. The highest BCUT2D eigenvalue weighted by atomic mass is 16.5. The summed E-state index contributed by atoms with van der Waals surface area (Å²) in [6.45, 7) is 6.25. The van der Waals surface area contributed by atoms with Crippen molar-refractivity contribution in [3.05, 3.63) is 47.7 Å². The van der Waals surface area contributed by atoms with Crippen LogP contribution in [0.5, 0.6) is 0 Å². The molecule has 0 saturated carbocycles. The number of aromatic nitrogens is 2.